The van der Waals surface area contributed by atoms with E-state index < -0.39 is 5.38 Å². The van der Waals surface area contributed by atoms with Crippen LogP contribution in [0.5, 0.6) is 5.75 Å². The molecule has 2 aromatic rings. The lowest BCUT2D eigenvalue weighted by Crippen LogP contribution is -2.07. The standard InChI is InChI=1S/C15H12ClFO2/c1-19-13-8-4-11(5-9-13)15(18)14(16)10-2-6-12(17)7-3-10/h2-9,14H,1H3. The number of benzene rings is 2. The molecule has 19 heavy (non-hydrogen) atoms. The zero-order valence-electron chi connectivity index (χ0n) is 10.3. The van der Waals surface area contributed by atoms with Gasteiger partial charge in [-0.1, -0.05) is 12.1 Å². The molecule has 0 heterocycles. The fourth-order valence-electron chi connectivity index (χ4n) is 1.68. The van der Waals surface area contributed by atoms with Crippen LogP contribution < -0.4 is 4.74 Å². The Morgan fingerprint density at radius 2 is 1.68 bits per heavy atom. The Bertz CT molecular complexity index is 564. The number of hydrogen-bond acceptors (Lipinski definition) is 2. The van der Waals surface area contributed by atoms with E-state index >= 15 is 0 Å². The van der Waals surface area contributed by atoms with Crippen molar-refractivity contribution in [2.75, 3.05) is 7.11 Å². The summed E-state index contributed by atoms with van der Waals surface area (Å²) >= 11 is 6.11. The minimum Gasteiger partial charge on any atom is -0.497 e. The summed E-state index contributed by atoms with van der Waals surface area (Å²) in [5, 5.41) is -0.825. The van der Waals surface area contributed by atoms with E-state index in [0.29, 0.717) is 16.9 Å². The Kier molecular flexibility index (Phi) is 4.17. The van der Waals surface area contributed by atoms with Crippen molar-refractivity contribution in [3.05, 3.63) is 65.5 Å². The van der Waals surface area contributed by atoms with Gasteiger partial charge in [-0.05, 0) is 42.0 Å². The molecule has 0 bridgehead atoms. The lowest BCUT2D eigenvalue weighted by Gasteiger charge is -2.09. The summed E-state index contributed by atoms with van der Waals surface area (Å²) in [6.45, 7) is 0. The number of Topliss-reactive ketones (excluding diaryl/α,β-unsaturated/α-hetero) is 1. The minimum absolute atomic E-state index is 0.226. The van der Waals surface area contributed by atoms with E-state index in [4.69, 9.17) is 16.3 Å². The number of halogens is 2. The maximum Gasteiger partial charge on any atom is 0.185 e. The molecule has 98 valence electrons. The van der Waals surface area contributed by atoms with Crippen LogP contribution in [0.2, 0.25) is 0 Å². The van der Waals surface area contributed by atoms with Gasteiger partial charge < -0.3 is 4.74 Å². The Labute approximate surface area is 115 Å². The highest BCUT2D eigenvalue weighted by molar-refractivity contribution is 6.33. The van der Waals surface area contributed by atoms with Crippen LogP contribution >= 0.6 is 11.6 Å². The summed E-state index contributed by atoms with van der Waals surface area (Å²) in [7, 11) is 1.56. The third-order valence-electron chi connectivity index (χ3n) is 2.77. The summed E-state index contributed by atoms with van der Waals surface area (Å²) in [5.74, 6) is 0.0879. The van der Waals surface area contributed by atoms with E-state index in [1.807, 2.05) is 0 Å². The van der Waals surface area contributed by atoms with Gasteiger partial charge >= 0.3 is 0 Å². The van der Waals surface area contributed by atoms with E-state index in [0.717, 1.165) is 0 Å². The Hall–Kier alpha value is -1.87. The van der Waals surface area contributed by atoms with E-state index in [2.05, 4.69) is 0 Å². The predicted molar refractivity (Wildman–Crippen MR) is 72.3 cm³/mol. The maximum absolute atomic E-state index is 12.8. The normalized spacial score (nSPS) is 11.9. The van der Waals surface area contributed by atoms with E-state index in [1.165, 1.54) is 24.3 Å². The molecule has 0 N–H and O–H groups in total. The van der Waals surface area contributed by atoms with Crippen LogP contribution in [0, 0.1) is 5.82 Å². The van der Waals surface area contributed by atoms with Crippen molar-refractivity contribution in [3.63, 3.8) is 0 Å². The van der Waals surface area contributed by atoms with E-state index in [-0.39, 0.29) is 11.6 Å². The highest BCUT2D eigenvalue weighted by Crippen LogP contribution is 2.26. The Balaban J connectivity index is 2.20. The number of carbonyl (C=O) groups is 1. The lowest BCUT2D eigenvalue weighted by atomic mass is 10.0. The highest BCUT2D eigenvalue weighted by atomic mass is 35.5. The number of ether oxygens (including phenoxy) is 1. The molecule has 0 spiro atoms. The van der Waals surface area contributed by atoms with Crippen LogP contribution in [0.4, 0.5) is 4.39 Å². The molecule has 0 saturated carbocycles. The van der Waals surface area contributed by atoms with Gasteiger partial charge in [0.2, 0.25) is 0 Å². The molecule has 1 unspecified atom stereocenters. The molecular formula is C15H12ClFO2. The average molecular weight is 279 g/mol. The highest BCUT2D eigenvalue weighted by Gasteiger charge is 2.19. The zero-order chi connectivity index (χ0) is 13.8. The van der Waals surface area contributed by atoms with Crippen molar-refractivity contribution in [2.24, 2.45) is 0 Å². The van der Waals surface area contributed by atoms with Gasteiger partial charge in [0.1, 0.15) is 16.9 Å². The van der Waals surface area contributed by atoms with Gasteiger partial charge in [-0.15, -0.1) is 11.6 Å². The Morgan fingerprint density at radius 3 is 2.21 bits per heavy atom. The van der Waals surface area contributed by atoms with Crippen molar-refractivity contribution in [1.82, 2.24) is 0 Å². The third kappa shape index (κ3) is 3.12. The van der Waals surface area contributed by atoms with Crippen molar-refractivity contribution in [2.45, 2.75) is 5.38 Å². The zero-order valence-corrected chi connectivity index (χ0v) is 11.0. The smallest absolute Gasteiger partial charge is 0.185 e. The second-order valence-corrected chi connectivity index (χ2v) is 4.44. The van der Waals surface area contributed by atoms with Crippen molar-refractivity contribution in [3.8, 4) is 5.75 Å². The molecule has 0 radical (unpaired) electrons. The van der Waals surface area contributed by atoms with E-state index in [1.54, 1.807) is 31.4 Å². The molecular weight excluding hydrogens is 267 g/mol. The Morgan fingerprint density at radius 1 is 1.11 bits per heavy atom. The lowest BCUT2D eigenvalue weighted by molar-refractivity contribution is 0.0987. The fraction of sp³-hybridized carbons (Fsp3) is 0.133. The fourth-order valence-corrected chi connectivity index (χ4v) is 1.96. The first-order chi connectivity index (χ1) is 9.11. The summed E-state index contributed by atoms with van der Waals surface area (Å²) in [4.78, 5) is 12.2. The molecule has 4 heteroatoms. The predicted octanol–water partition coefficient (Wildman–Crippen LogP) is 4.00. The second kappa shape index (κ2) is 5.85. The quantitative estimate of drug-likeness (QED) is 0.624. The topological polar surface area (TPSA) is 26.3 Å². The molecule has 1 atom stereocenters. The summed E-state index contributed by atoms with van der Waals surface area (Å²) in [6, 6.07) is 12.3. The first kappa shape index (κ1) is 13.6. The van der Waals surface area contributed by atoms with Crippen LogP contribution in [0.25, 0.3) is 0 Å². The van der Waals surface area contributed by atoms with Crippen LogP contribution in [-0.2, 0) is 0 Å². The molecule has 0 aliphatic rings. The van der Waals surface area contributed by atoms with Crippen molar-refractivity contribution >= 4 is 17.4 Å². The largest absolute Gasteiger partial charge is 0.497 e. The summed E-state index contributed by atoms with van der Waals surface area (Å²) < 4.78 is 17.8. The first-order valence-corrected chi connectivity index (χ1v) is 6.13. The molecule has 0 aromatic heterocycles. The SMILES string of the molecule is COc1ccc(C(=O)C(Cl)c2ccc(F)cc2)cc1. The summed E-state index contributed by atoms with van der Waals surface area (Å²) in [5.41, 5.74) is 1.06. The molecule has 0 fully saturated rings. The third-order valence-corrected chi connectivity index (χ3v) is 3.22. The van der Waals surface area contributed by atoms with E-state index in [9.17, 15) is 9.18 Å². The molecule has 0 saturated heterocycles. The number of methoxy groups -OCH3 is 1. The second-order valence-electron chi connectivity index (χ2n) is 4.01. The van der Waals surface area contributed by atoms with Gasteiger partial charge in [0.25, 0.3) is 0 Å². The number of alkyl halides is 1. The molecule has 2 nitrogen and oxygen atoms in total. The van der Waals surface area contributed by atoms with Gasteiger partial charge in [-0.2, -0.15) is 0 Å². The summed E-state index contributed by atoms with van der Waals surface area (Å²) in [6.07, 6.45) is 0. The molecule has 2 rings (SSSR count). The van der Waals surface area contributed by atoms with Crippen LogP contribution in [0.3, 0.4) is 0 Å². The van der Waals surface area contributed by atoms with Crippen LogP contribution in [0.1, 0.15) is 21.3 Å². The number of hydrogen-bond donors (Lipinski definition) is 0. The molecule has 2 aromatic carbocycles. The average Bonchev–Trinajstić information content (AvgIpc) is 2.46. The van der Waals surface area contributed by atoms with Crippen molar-refractivity contribution < 1.29 is 13.9 Å². The number of ketones is 1. The molecule has 0 aliphatic carbocycles. The van der Waals surface area contributed by atoms with Gasteiger partial charge in [-0.3, -0.25) is 4.79 Å². The van der Waals surface area contributed by atoms with Gasteiger partial charge in [-0.25, -0.2) is 4.39 Å². The minimum atomic E-state index is -0.825. The van der Waals surface area contributed by atoms with Crippen LogP contribution in [0.15, 0.2) is 48.5 Å². The van der Waals surface area contributed by atoms with Crippen molar-refractivity contribution in [1.29, 1.82) is 0 Å². The molecule has 0 amide bonds. The van der Waals surface area contributed by atoms with Gasteiger partial charge in [0.05, 0.1) is 7.11 Å². The number of carbonyl (C=O) groups excluding carboxylic acids is 1. The van der Waals surface area contributed by atoms with Crippen LogP contribution in [-0.4, -0.2) is 12.9 Å². The molecule has 0 aliphatic heterocycles. The van der Waals surface area contributed by atoms with Gasteiger partial charge in [0, 0.05) is 5.56 Å². The monoisotopic (exact) mass is 278 g/mol. The number of rotatable bonds is 4. The van der Waals surface area contributed by atoms with Gasteiger partial charge in [0.15, 0.2) is 5.78 Å². The first-order valence-electron chi connectivity index (χ1n) is 5.69. The maximum atomic E-state index is 12.8.